The van der Waals surface area contributed by atoms with Gasteiger partial charge < -0.3 is 9.64 Å². The quantitative estimate of drug-likeness (QED) is 0.251. The van der Waals surface area contributed by atoms with Gasteiger partial charge >= 0.3 is 0 Å². The van der Waals surface area contributed by atoms with Crippen LogP contribution < -0.4 is 9.80 Å². The molecule has 0 bridgehead atoms. The largest absolute Gasteiger partial charge is 0.378 e. The number of halogens is 1. The third-order valence-corrected chi connectivity index (χ3v) is 7.52. The Bertz CT molecular complexity index is 1400. The normalized spacial score (nSPS) is 13.7. The minimum absolute atomic E-state index is 0.122. The summed E-state index contributed by atoms with van der Waals surface area (Å²) in [5, 5.41) is 12.9. The molecule has 0 N–H and O–H groups in total. The number of aromatic nitrogens is 2. The molecule has 0 atom stereocenters. The molecular weight excluding hydrogens is 502 g/mol. The Hall–Kier alpha value is -3.60. The molecule has 3 heterocycles. The lowest BCUT2D eigenvalue weighted by Gasteiger charge is -2.28. The number of carbonyl (C=O) groups is 1. The molecule has 0 saturated carbocycles. The molecule has 36 heavy (non-hydrogen) atoms. The number of nitro groups is 1. The number of ether oxygens (including phenoxy) is 1. The van der Waals surface area contributed by atoms with Crippen molar-refractivity contribution < 1.29 is 14.5 Å². The van der Waals surface area contributed by atoms with Crippen LogP contribution in [0.1, 0.15) is 21.6 Å². The number of anilines is 2. The molecule has 0 radical (unpaired) electrons. The van der Waals surface area contributed by atoms with Crippen LogP contribution in [0, 0.1) is 17.0 Å². The summed E-state index contributed by atoms with van der Waals surface area (Å²) in [6.07, 6.45) is 1.65. The number of thiazole rings is 1. The van der Waals surface area contributed by atoms with E-state index in [1.807, 2.05) is 30.0 Å². The number of hydrogen-bond donors (Lipinski definition) is 0. The van der Waals surface area contributed by atoms with E-state index in [0.29, 0.717) is 47.8 Å². The van der Waals surface area contributed by atoms with Gasteiger partial charge in [0.2, 0.25) is 0 Å². The average Bonchev–Trinajstić information content (AvgIpc) is 3.36. The smallest absolute Gasteiger partial charge is 0.293 e. The maximum Gasteiger partial charge on any atom is 0.293 e. The van der Waals surface area contributed by atoms with Gasteiger partial charge in [-0.05, 0) is 42.8 Å². The number of nitrogens with zero attached hydrogens (tertiary/aromatic N) is 5. The minimum atomic E-state index is -0.453. The van der Waals surface area contributed by atoms with E-state index in [-0.39, 0.29) is 17.8 Å². The summed E-state index contributed by atoms with van der Waals surface area (Å²) in [7, 11) is 0. The zero-order chi connectivity index (χ0) is 25.2. The minimum Gasteiger partial charge on any atom is -0.378 e. The number of fused-ring (bicyclic) bond motifs is 1. The Labute approximate surface area is 216 Å². The summed E-state index contributed by atoms with van der Waals surface area (Å²) in [5.74, 6) is -0.412. The molecular formula is C25H22ClN5O4S. The summed E-state index contributed by atoms with van der Waals surface area (Å²) in [6, 6.07) is 13.7. The van der Waals surface area contributed by atoms with E-state index in [4.69, 9.17) is 21.3 Å². The van der Waals surface area contributed by atoms with Crippen molar-refractivity contribution in [1.29, 1.82) is 0 Å². The maximum atomic E-state index is 13.8. The molecule has 0 spiro atoms. The summed E-state index contributed by atoms with van der Waals surface area (Å²) in [5.41, 5.74) is 2.86. The predicted octanol–water partition coefficient (Wildman–Crippen LogP) is 5.24. The van der Waals surface area contributed by atoms with Crippen LogP contribution in [0.15, 0.2) is 54.7 Å². The second-order valence-corrected chi connectivity index (χ2v) is 9.70. The van der Waals surface area contributed by atoms with Crippen molar-refractivity contribution in [3.63, 3.8) is 0 Å². The number of pyridine rings is 1. The summed E-state index contributed by atoms with van der Waals surface area (Å²) in [4.78, 5) is 37.8. The highest BCUT2D eigenvalue weighted by Gasteiger charge is 2.28. The van der Waals surface area contributed by atoms with Crippen molar-refractivity contribution in [2.24, 2.45) is 0 Å². The molecule has 1 fully saturated rings. The van der Waals surface area contributed by atoms with Gasteiger partial charge in [0.25, 0.3) is 11.6 Å². The van der Waals surface area contributed by atoms with Gasteiger partial charge in [-0.1, -0.05) is 35.1 Å². The van der Waals surface area contributed by atoms with E-state index in [1.165, 1.54) is 22.3 Å². The van der Waals surface area contributed by atoms with Crippen LogP contribution >= 0.6 is 22.9 Å². The SMILES string of the molecule is Cc1ccc(Cl)c2sc(N(Cc3ccccn3)C(=O)c3ccc(N4CCOCC4)c([N+](=O)[O-])c3)nc12. The predicted molar refractivity (Wildman–Crippen MR) is 140 cm³/mol. The summed E-state index contributed by atoms with van der Waals surface area (Å²) < 4.78 is 6.15. The van der Waals surface area contributed by atoms with Gasteiger partial charge in [0, 0.05) is 30.9 Å². The van der Waals surface area contributed by atoms with Crippen molar-refractivity contribution in [3.05, 3.63) is 86.7 Å². The van der Waals surface area contributed by atoms with E-state index in [2.05, 4.69) is 4.98 Å². The van der Waals surface area contributed by atoms with Gasteiger partial charge in [-0.15, -0.1) is 0 Å². The number of hydrogen-bond acceptors (Lipinski definition) is 8. The van der Waals surface area contributed by atoms with Gasteiger partial charge in [0.05, 0.1) is 45.6 Å². The molecule has 4 aromatic rings. The van der Waals surface area contributed by atoms with Crippen LogP contribution in [0.3, 0.4) is 0 Å². The molecule has 0 aliphatic carbocycles. The molecule has 184 valence electrons. The van der Waals surface area contributed by atoms with E-state index in [9.17, 15) is 14.9 Å². The fourth-order valence-electron chi connectivity index (χ4n) is 4.12. The number of carbonyl (C=O) groups excluding carboxylic acids is 1. The van der Waals surface area contributed by atoms with E-state index < -0.39 is 10.8 Å². The summed E-state index contributed by atoms with van der Waals surface area (Å²) in [6.45, 7) is 4.16. The average molecular weight is 524 g/mol. The first kappa shape index (κ1) is 24.1. The van der Waals surface area contributed by atoms with Crippen LogP contribution in [0.25, 0.3) is 10.2 Å². The molecule has 1 aliphatic heterocycles. The first-order valence-corrected chi connectivity index (χ1v) is 12.5. The Kier molecular flexibility index (Phi) is 6.82. The lowest BCUT2D eigenvalue weighted by atomic mass is 10.1. The standard InChI is InChI=1S/C25H22ClN5O4S/c1-16-5-7-19(26)23-22(16)28-25(36-23)30(15-18-4-2-3-9-27-18)24(32)17-6-8-20(21(14-17)31(33)34)29-10-12-35-13-11-29/h2-9,14H,10-13,15H2,1H3. The number of nitro benzene ring substituents is 1. The van der Waals surface area contributed by atoms with Crippen LogP contribution in [-0.4, -0.2) is 47.1 Å². The molecule has 2 aromatic carbocycles. The number of benzene rings is 2. The van der Waals surface area contributed by atoms with Crippen LogP contribution in [-0.2, 0) is 11.3 Å². The van der Waals surface area contributed by atoms with Crippen LogP contribution in [0.5, 0.6) is 0 Å². The van der Waals surface area contributed by atoms with Gasteiger partial charge in [-0.25, -0.2) is 4.98 Å². The van der Waals surface area contributed by atoms with Gasteiger partial charge in [0.1, 0.15) is 5.69 Å². The molecule has 0 unspecified atom stereocenters. The topological polar surface area (TPSA) is 102 Å². The van der Waals surface area contributed by atoms with E-state index in [0.717, 1.165) is 15.8 Å². The molecule has 1 aliphatic rings. The lowest BCUT2D eigenvalue weighted by molar-refractivity contribution is -0.384. The molecule has 1 saturated heterocycles. The Morgan fingerprint density at radius 3 is 2.72 bits per heavy atom. The zero-order valence-corrected chi connectivity index (χ0v) is 21.0. The van der Waals surface area contributed by atoms with Crippen molar-refractivity contribution in [2.45, 2.75) is 13.5 Å². The second kappa shape index (κ2) is 10.2. The highest BCUT2D eigenvalue weighted by molar-refractivity contribution is 7.23. The molecule has 9 nitrogen and oxygen atoms in total. The van der Waals surface area contributed by atoms with Crippen LogP contribution in [0.4, 0.5) is 16.5 Å². The fourth-order valence-corrected chi connectivity index (χ4v) is 5.43. The first-order chi connectivity index (χ1) is 17.4. The number of amides is 1. The highest BCUT2D eigenvalue weighted by Crippen LogP contribution is 2.37. The first-order valence-electron chi connectivity index (χ1n) is 11.3. The van der Waals surface area contributed by atoms with E-state index in [1.54, 1.807) is 30.5 Å². The Morgan fingerprint density at radius 1 is 1.22 bits per heavy atom. The molecule has 1 amide bonds. The maximum absolute atomic E-state index is 13.8. The lowest BCUT2D eigenvalue weighted by Crippen LogP contribution is -2.36. The monoisotopic (exact) mass is 523 g/mol. The molecule has 2 aromatic heterocycles. The van der Waals surface area contributed by atoms with Crippen molar-refractivity contribution in [2.75, 3.05) is 36.1 Å². The third-order valence-electron chi connectivity index (χ3n) is 5.98. The Balaban J connectivity index is 1.57. The highest BCUT2D eigenvalue weighted by atomic mass is 35.5. The third kappa shape index (κ3) is 4.75. The van der Waals surface area contributed by atoms with Crippen LogP contribution in [0.2, 0.25) is 5.02 Å². The van der Waals surface area contributed by atoms with E-state index >= 15 is 0 Å². The zero-order valence-electron chi connectivity index (χ0n) is 19.4. The van der Waals surface area contributed by atoms with Crippen molar-refractivity contribution in [3.8, 4) is 0 Å². The van der Waals surface area contributed by atoms with Crippen molar-refractivity contribution in [1.82, 2.24) is 9.97 Å². The summed E-state index contributed by atoms with van der Waals surface area (Å²) >= 11 is 7.72. The van der Waals surface area contributed by atoms with Gasteiger partial charge in [0.15, 0.2) is 5.13 Å². The Morgan fingerprint density at radius 2 is 2.03 bits per heavy atom. The van der Waals surface area contributed by atoms with Gasteiger partial charge in [-0.2, -0.15) is 0 Å². The molecule has 5 rings (SSSR count). The molecule has 11 heteroatoms. The van der Waals surface area contributed by atoms with Gasteiger partial charge in [-0.3, -0.25) is 24.8 Å². The second-order valence-electron chi connectivity index (χ2n) is 8.31. The number of aryl methyl sites for hydroxylation is 1. The van der Waals surface area contributed by atoms with Crippen molar-refractivity contribution >= 4 is 55.6 Å². The number of rotatable bonds is 6. The fraction of sp³-hybridized carbons (Fsp3) is 0.240. The number of morpholine rings is 1.